The number of benzene rings is 1. The second-order valence-corrected chi connectivity index (χ2v) is 7.42. The Labute approximate surface area is 156 Å². The van der Waals surface area contributed by atoms with Crippen molar-refractivity contribution < 1.29 is 17.5 Å². The molecule has 140 valence electrons. The molecule has 3 aromatic heterocycles. The molecule has 4 aromatic rings. The second kappa shape index (κ2) is 6.03. The Kier molecular flexibility index (Phi) is 3.89. The van der Waals surface area contributed by atoms with Crippen molar-refractivity contribution in [3.8, 4) is 6.01 Å². The number of fused-ring (bicyclic) bond motifs is 2. The molecule has 0 radical (unpaired) electrons. The second-order valence-electron chi connectivity index (χ2n) is 5.43. The number of nitrogens with one attached hydrogen (secondary N) is 1. The fraction of sp³-hybridized carbons (Fsp3) is 0.143. The number of ether oxygens (including phenoxy) is 1. The third-order valence-electron chi connectivity index (χ3n) is 3.75. The third-order valence-corrected chi connectivity index (χ3v) is 5.13. The van der Waals surface area contributed by atoms with Gasteiger partial charge in [-0.25, -0.2) is 9.37 Å². The molecule has 0 amide bonds. The Balaban J connectivity index is 1.84. The van der Waals surface area contributed by atoms with Crippen LogP contribution in [-0.2, 0) is 17.1 Å². The highest BCUT2D eigenvalue weighted by atomic mass is 35.5. The fourth-order valence-electron chi connectivity index (χ4n) is 2.57. The summed E-state index contributed by atoms with van der Waals surface area (Å²) >= 11 is 5.99. The third kappa shape index (κ3) is 2.73. The van der Waals surface area contributed by atoms with E-state index in [2.05, 4.69) is 24.9 Å². The molecular formula is C14H11ClFN7O3S. The summed E-state index contributed by atoms with van der Waals surface area (Å²) in [6.07, 6.45) is 1.26. The summed E-state index contributed by atoms with van der Waals surface area (Å²) in [5.41, 5.74) is 0.463. The van der Waals surface area contributed by atoms with E-state index in [-0.39, 0.29) is 27.9 Å². The van der Waals surface area contributed by atoms with Crippen molar-refractivity contribution in [2.75, 3.05) is 11.8 Å². The van der Waals surface area contributed by atoms with Gasteiger partial charge < -0.3 is 4.74 Å². The quantitative estimate of drug-likeness (QED) is 0.542. The molecule has 4 rings (SSSR count). The minimum atomic E-state index is -4.29. The first-order valence-corrected chi connectivity index (χ1v) is 9.27. The highest BCUT2D eigenvalue weighted by Crippen LogP contribution is 2.27. The maximum absolute atomic E-state index is 14.2. The Bertz CT molecular complexity index is 1300. The monoisotopic (exact) mass is 411 g/mol. The molecule has 1 aromatic carbocycles. The molecule has 13 heteroatoms. The lowest BCUT2D eigenvalue weighted by Gasteiger charge is -2.02. The zero-order chi connectivity index (χ0) is 19.3. The number of sulfonamides is 1. The molecule has 0 saturated heterocycles. The maximum Gasteiger partial charge on any atom is 0.319 e. The molecule has 0 aliphatic rings. The van der Waals surface area contributed by atoms with Crippen LogP contribution >= 0.6 is 11.6 Å². The first-order valence-electron chi connectivity index (χ1n) is 7.41. The first kappa shape index (κ1) is 17.4. The highest BCUT2D eigenvalue weighted by Gasteiger charge is 2.26. The molecule has 0 aliphatic heterocycles. The number of anilines is 1. The Morgan fingerprint density at radius 3 is 2.81 bits per heavy atom. The van der Waals surface area contributed by atoms with E-state index in [1.165, 1.54) is 30.1 Å². The molecule has 0 saturated carbocycles. The van der Waals surface area contributed by atoms with Crippen LogP contribution in [0.4, 0.5) is 10.2 Å². The summed E-state index contributed by atoms with van der Waals surface area (Å²) in [6, 6.07) is 4.32. The van der Waals surface area contributed by atoms with E-state index in [4.69, 9.17) is 16.3 Å². The summed E-state index contributed by atoms with van der Waals surface area (Å²) in [6.45, 7) is 0. The molecular weight excluding hydrogens is 401 g/mol. The normalized spacial score (nSPS) is 12.0. The van der Waals surface area contributed by atoms with Gasteiger partial charge in [0.05, 0.1) is 24.2 Å². The van der Waals surface area contributed by atoms with Gasteiger partial charge in [-0.05, 0) is 12.1 Å². The summed E-state index contributed by atoms with van der Waals surface area (Å²) in [5.74, 6) is -0.796. The number of nitrogens with zero attached hydrogens (tertiary/aromatic N) is 6. The van der Waals surface area contributed by atoms with Crippen LogP contribution in [0.25, 0.3) is 16.6 Å². The summed E-state index contributed by atoms with van der Waals surface area (Å²) < 4.78 is 49.3. The smallest absolute Gasteiger partial charge is 0.319 e. The number of aromatic nitrogens is 6. The topological polar surface area (TPSA) is 116 Å². The van der Waals surface area contributed by atoms with E-state index in [9.17, 15) is 12.8 Å². The van der Waals surface area contributed by atoms with Crippen molar-refractivity contribution in [3.05, 3.63) is 35.2 Å². The van der Waals surface area contributed by atoms with Crippen LogP contribution in [0.1, 0.15) is 0 Å². The Morgan fingerprint density at radius 2 is 2.07 bits per heavy atom. The minimum absolute atomic E-state index is 0.00215. The molecule has 0 spiro atoms. The number of aryl methyl sites for hydroxylation is 1. The van der Waals surface area contributed by atoms with Crippen LogP contribution in [0, 0.1) is 5.82 Å². The van der Waals surface area contributed by atoms with E-state index >= 15 is 0 Å². The van der Waals surface area contributed by atoms with E-state index < -0.39 is 21.0 Å². The van der Waals surface area contributed by atoms with Crippen LogP contribution in [0.2, 0.25) is 5.02 Å². The van der Waals surface area contributed by atoms with Crippen molar-refractivity contribution in [3.63, 3.8) is 0 Å². The molecule has 0 atom stereocenters. The van der Waals surface area contributed by atoms with Crippen LogP contribution in [0.3, 0.4) is 0 Å². The SMILES string of the molecule is COc1ncc(Cl)c2nc(S(=O)(=O)Nc3nn(C)c4cccc(F)c34)nn12. The number of methoxy groups -OCH3 is 1. The van der Waals surface area contributed by atoms with Crippen LogP contribution in [-0.4, -0.2) is 44.9 Å². The van der Waals surface area contributed by atoms with Gasteiger partial charge in [0.2, 0.25) is 0 Å². The lowest BCUT2D eigenvalue weighted by molar-refractivity contribution is 0.366. The van der Waals surface area contributed by atoms with Crippen molar-refractivity contribution in [1.29, 1.82) is 0 Å². The van der Waals surface area contributed by atoms with Gasteiger partial charge in [0.15, 0.2) is 11.5 Å². The molecule has 0 fully saturated rings. The van der Waals surface area contributed by atoms with Crippen molar-refractivity contribution >= 4 is 44.0 Å². The van der Waals surface area contributed by atoms with E-state index in [0.717, 1.165) is 4.52 Å². The van der Waals surface area contributed by atoms with Gasteiger partial charge in [0, 0.05) is 7.05 Å². The highest BCUT2D eigenvalue weighted by molar-refractivity contribution is 7.92. The number of hydrogen-bond donors (Lipinski definition) is 1. The maximum atomic E-state index is 14.2. The molecule has 3 heterocycles. The number of hydrogen-bond acceptors (Lipinski definition) is 7. The Hall–Kier alpha value is -2.99. The fourth-order valence-corrected chi connectivity index (χ4v) is 3.63. The average Bonchev–Trinajstić information content (AvgIpc) is 3.20. The van der Waals surface area contributed by atoms with E-state index in [0.29, 0.717) is 5.52 Å². The molecule has 0 unspecified atom stereocenters. The van der Waals surface area contributed by atoms with Crippen molar-refractivity contribution in [1.82, 2.24) is 29.4 Å². The predicted molar refractivity (Wildman–Crippen MR) is 93.8 cm³/mol. The van der Waals surface area contributed by atoms with Crippen LogP contribution in [0.5, 0.6) is 6.01 Å². The average molecular weight is 412 g/mol. The lowest BCUT2D eigenvalue weighted by Crippen LogP contribution is -2.15. The Morgan fingerprint density at radius 1 is 1.30 bits per heavy atom. The van der Waals surface area contributed by atoms with Crippen LogP contribution in [0.15, 0.2) is 29.6 Å². The first-order chi connectivity index (χ1) is 12.8. The molecule has 0 aliphatic carbocycles. The lowest BCUT2D eigenvalue weighted by atomic mass is 10.2. The number of halogens is 2. The van der Waals surface area contributed by atoms with E-state index in [1.54, 1.807) is 13.1 Å². The number of rotatable bonds is 4. The van der Waals surface area contributed by atoms with Gasteiger partial charge in [-0.3, -0.25) is 9.40 Å². The van der Waals surface area contributed by atoms with Gasteiger partial charge >= 0.3 is 16.0 Å². The van der Waals surface area contributed by atoms with Gasteiger partial charge in [0.1, 0.15) is 10.8 Å². The largest absolute Gasteiger partial charge is 0.467 e. The van der Waals surface area contributed by atoms with Crippen LogP contribution < -0.4 is 9.46 Å². The summed E-state index contributed by atoms with van der Waals surface area (Å²) in [4.78, 5) is 7.81. The predicted octanol–water partition coefficient (Wildman–Crippen LogP) is 1.61. The zero-order valence-corrected chi connectivity index (χ0v) is 15.5. The molecule has 27 heavy (non-hydrogen) atoms. The van der Waals surface area contributed by atoms with Crippen molar-refractivity contribution in [2.45, 2.75) is 5.16 Å². The van der Waals surface area contributed by atoms with Gasteiger partial charge in [-0.15, -0.1) is 5.10 Å². The standard InChI is InChI=1S/C14H11ClFN7O3S/c1-22-9-5-3-4-8(16)10(9)11(19-22)21-27(24,25)13-18-12-7(15)6-17-14(26-2)23(12)20-13/h3-6H,1-2H3,(H,19,21). The molecule has 10 nitrogen and oxygen atoms in total. The van der Waals surface area contributed by atoms with Gasteiger partial charge in [-0.1, -0.05) is 17.7 Å². The summed E-state index contributed by atoms with van der Waals surface area (Å²) in [5, 5.41) is 7.43. The van der Waals surface area contributed by atoms with Gasteiger partial charge in [-0.2, -0.15) is 23.0 Å². The van der Waals surface area contributed by atoms with E-state index in [1.807, 2.05) is 0 Å². The minimum Gasteiger partial charge on any atom is -0.467 e. The summed E-state index contributed by atoms with van der Waals surface area (Å²) in [7, 11) is -1.38. The zero-order valence-electron chi connectivity index (χ0n) is 13.9. The molecule has 0 bridgehead atoms. The molecule has 1 N–H and O–H groups in total. The van der Waals surface area contributed by atoms with Gasteiger partial charge in [0.25, 0.3) is 5.16 Å². The van der Waals surface area contributed by atoms with Crippen molar-refractivity contribution in [2.24, 2.45) is 7.05 Å².